The summed E-state index contributed by atoms with van der Waals surface area (Å²) in [7, 11) is 4.13. The maximum atomic E-state index is 5.43. The third-order valence-corrected chi connectivity index (χ3v) is 4.51. The van der Waals surface area contributed by atoms with Crippen molar-refractivity contribution in [2.75, 3.05) is 48.9 Å². The number of nitrogens with zero attached hydrogens (tertiary/aromatic N) is 4. The number of ether oxygens (including phenoxy) is 1. The van der Waals surface area contributed by atoms with E-state index in [1.807, 2.05) is 13.0 Å². The zero-order valence-corrected chi connectivity index (χ0v) is 15.3. The van der Waals surface area contributed by atoms with E-state index in [0.29, 0.717) is 18.5 Å². The lowest BCUT2D eigenvalue weighted by molar-refractivity contribution is 0.326. The number of hydrogen-bond acceptors (Lipinski definition) is 6. The number of piperidine rings is 1. The fourth-order valence-corrected chi connectivity index (χ4v) is 3.10. The van der Waals surface area contributed by atoms with E-state index in [-0.39, 0.29) is 0 Å². The molecule has 6 heteroatoms. The van der Waals surface area contributed by atoms with E-state index >= 15 is 0 Å². The highest BCUT2D eigenvalue weighted by atomic mass is 16.5. The molecule has 0 aliphatic carbocycles. The highest BCUT2D eigenvalue weighted by Gasteiger charge is 2.20. The van der Waals surface area contributed by atoms with Gasteiger partial charge in [0.1, 0.15) is 12.1 Å². The van der Waals surface area contributed by atoms with Crippen molar-refractivity contribution in [1.29, 1.82) is 0 Å². The van der Waals surface area contributed by atoms with Gasteiger partial charge in [0.15, 0.2) is 0 Å². The van der Waals surface area contributed by atoms with Gasteiger partial charge in [-0.05, 0) is 44.0 Å². The standard InChI is InChI=1S/C19H27N5O/c1-4-25-19-13-18(20-14-21-19)22-15-9-11-24(12-10-15)17-7-5-16(6-8-17)23(2)3/h5-8,13-15H,4,9-12H2,1-3H3,(H,20,21,22). The van der Waals surface area contributed by atoms with Crippen LogP contribution in [-0.2, 0) is 0 Å². The molecule has 3 rings (SSSR count). The maximum absolute atomic E-state index is 5.43. The molecule has 1 saturated heterocycles. The van der Waals surface area contributed by atoms with Crippen molar-refractivity contribution in [3.8, 4) is 5.88 Å². The summed E-state index contributed by atoms with van der Waals surface area (Å²) in [5.41, 5.74) is 2.53. The second-order valence-corrected chi connectivity index (χ2v) is 6.49. The second-order valence-electron chi connectivity index (χ2n) is 6.49. The fourth-order valence-electron chi connectivity index (χ4n) is 3.10. The monoisotopic (exact) mass is 341 g/mol. The molecule has 1 fully saturated rings. The van der Waals surface area contributed by atoms with Crippen molar-refractivity contribution in [2.45, 2.75) is 25.8 Å². The highest BCUT2D eigenvalue weighted by molar-refractivity contribution is 5.56. The minimum atomic E-state index is 0.432. The van der Waals surface area contributed by atoms with Gasteiger partial charge >= 0.3 is 0 Å². The van der Waals surface area contributed by atoms with Gasteiger partial charge in [-0.1, -0.05) is 0 Å². The third-order valence-electron chi connectivity index (χ3n) is 4.51. The van der Waals surface area contributed by atoms with Crippen LogP contribution in [0.25, 0.3) is 0 Å². The fraction of sp³-hybridized carbons (Fsp3) is 0.474. The van der Waals surface area contributed by atoms with Crippen LogP contribution in [0.2, 0.25) is 0 Å². The van der Waals surface area contributed by atoms with Gasteiger partial charge in [-0.15, -0.1) is 0 Å². The Morgan fingerprint density at radius 1 is 1.16 bits per heavy atom. The normalized spacial score (nSPS) is 15.1. The van der Waals surface area contributed by atoms with Crippen molar-refractivity contribution in [3.63, 3.8) is 0 Å². The van der Waals surface area contributed by atoms with E-state index in [0.717, 1.165) is 31.7 Å². The Labute approximate surface area is 149 Å². The van der Waals surface area contributed by atoms with Gasteiger partial charge in [-0.25, -0.2) is 9.97 Å². The van der Waals surface area contributed by atoms with Crippen molar-refractivity contribution in [2.24, 2.45) is 0 Å². The largest absolute Gasteiger partial charge is 0.478 e. The van der Waals surface area contributed by atoms with Gasteiger partial charge in [0.2, 0.25) is 5.88 Å². The van der Waals surface area contributed by atoms with Gasteiger partial charge in [-0.3, -0.25) is 0 Å². The van der Waals surface area contributed by atoms with Crippen LogP contribution >= 0.6 is 0 Å². The van der Waals surface area contributed by atoms with Crippen LogP contribution in [-0.4, -0.2) is 49.8 Å². The lowest BCUT2D eigenvalue weighted by atomic mass is 10.0. The number of hydrogen-bond donors (Lipinski definition) is 1. The molecule has 1 aliphatic heterocycles. The maximum Gasteiger partial charge on any atom is 0.218 e. The minimum absolute atomic E-state index is 0.432. The SMILES string of the molecule is CCOc1cc(NC2CCN(c3ccc(N(C)C)cc3)CC2)ncn1. The van der Waals surface area contributed by atoms with E-state index in [1.165, 1.54) is 11.4 Å². The van der Waals surface area contributed by atoms with Crippen molar-refractivity contribution >= 4 is 17.2 Å². The molecule has 0 saturated carbocycles. The minimum Gasteiger partial charge on any atom is -0.478 e. The second kappa shape index (κ2) is 8.05. The molecule has 0 amide bonds. The van der Waals surface area contributed by atoms with Crippen LogP contribution in [0.1, 0.15) is 19.8 Å². The first-order valence-corrected chi connectivity index (χ1v) is 8.89. The Balaban J connectivity index is 1.54. The van der Waals surface area contributed by atoms with Gasteiger partial charge in [-0.2, -0.15) is 0 Å². The molecule has 1 aromatic carbocycles. The molecular weight excluding hydrogens is 314 g/mol. The van der Waals surface area contributed by atoms with Crippen molar-refractivity contribution in [3.05, 3.63) is 36.7 Å². The molecule has 0 radical (unpaired) electrons. The summed E-state index contributed by atoms with van der Waals surface area (Å²) in [6.45, 7) is 4.65. The van der Waals surface area contributed by atoms with Crippen molar-refractivity contribution in [1.82, 2.24) is 9.97 Å². The molecule has 0 bridgehead atoms. The quantitative estimate of drug-likeness (QED) is 0.872. The first-order valence-electron chi connectivity index (χ1n) is 8.89. The predicted molar refractivity (Wildman–Crippen MR) is 103 cm³/mol. The number of nitrogens with one attached hydrogen (secondary N) is 1. The smallest absolute Gasteiger partial charge is 0.218 e. The number of rotatable bonds is 6. The summed E-state index contributed by atoms with van der Waals surface area (Å²) in [6, 6.07) is 11.1. The molecule has 1 aliphatic rings. The van der Waals surface area contributed by atoms with E-state index in [9.17, 15) is 0 Å². The van der Waals surface area contributed by atoms with Crippen molar-refractivity contribution < 1.29 is 4.74 Å². The van der Waals surface area contributed by atoms with E-state index < -0.39 is 0 Å². The highest BCUT2D eigenvalue weighted by Crippen LogP contribution is 2.24. The van der Waals surface area contributed by atoms with E-state index in [4.69, 9.17) is 4.74 Å². The van der Waals surface area contributed by atoms with Crippen LogP contribution in [0.15, 0.2) is 36.7 Å². The van der Waals surface area contributed by atoms with Crippen LogP contribution in [0, 0.1) is 0 Å². The predicted octanol–water partition coefficient (Wildman–Crippen LogP) is 3.02. The number of aromatic nitrogens is 2. The summed E-state index contributed by atoms with van der Waals surface area (Å²) in [6.07, 6.45) is 3.72. The summed E-state index contributed by atoms with van der Waals surface area (Å²) < 4.78 is 5.43. The van der Waals surface area contributed by atoms with E-state index in [2.05, 4.69) is 63.4 Å². The van der Waals surface area contributed by atoms with Gasteiger partial charge < -0.3 is 19.9 Å². The van der Waals surface area contributed by atoms with Crippen LogP contribution in [0.3, 0.4) is 0 Å². The Morgan fingerprint density at radius 2 is 1.88 bits per heavy atom. The molecule has 134 valence electrons. The van der Waals surface area contributed by atoms with Crippen LogP contribution < -0.4 is 19.9 Å². The molecule has 2 heterocycles. The first-order chi connectivity index (χ1) is 12.2. The zero-order chi connectivity index (χ0) is 17.6. The van der Waals surface area contributed by atoms with Crippen LogP contribution in [0.5, 0.6) is 5.88 Å². The molecule has 2 aromatic rings. The van der Waals surface area contributed by atoms with Crippen LogP contribution in [0.4, 0.5) is 17.2 Å². The third kappa shape index (κ3) is 4.53. The molecule has 0 unspecified atom stereocenters. The summed E-state index contributed by atoms with van der Waals surface area (Å²) in [5.74, 6) is 1.46. The Bertz CT molecular complexity index is 666. The molecule has 25 heavy (non-hydrogen) atoms. The molecule has 0 atom stereocenters. The van der Waals surface area contributed by atoms with Gasteiger partial charge in [0.25, 0.3) is 0 Å². The Hall–Kier alpha value is -2.50. The van der Waals surface area contributed by atoms with Gasteiger partial charge in [0, 0.05) is 50.7 Å². The number of benzene rings is 1. The Kier molecular flexibility index (Phi) is 5.58. The average molecular weight is 341 g/mol. The molecule has 1 aromatic heterocycles. The first kappa shape index (κ1) is 17.3. The van der Waals surface area contributed by atoms with Gasteiger partial charge in [0.05, 0.1) is 6.61 Å². The lowest BCUT2D eigenvalue weighted by Crippen LogP contribution is -2.39. The lowest BCUT2D eigenvalue weighted by Gasteiger charge is -2.34. The molecule has 1 N–H and O–H groups in total. The van der Waals surface area contributed by atoms with E-state index in [1.54, 1.807) is 6.33 Å². The average Bonchev–Trinajstić information content (AvgIpc) is 2.63. The summed E-state index contributed by atoms with van der Waals surface area (Å²) in [5, 5.41) is 3.51. The Morgan fingerprint density at radius 3 is 2.52 bits per heavy atom. The summed E-state index contributed by atoms with van der Waals surface area (Å²) >= 11 is 0. The number of anilines is 3. The summed E-state index contributed by atoms with van der Waals surface area (Å²) in [4.78, 5) is 13.0. The molecule has 6 nitrogen and oxygen atoms in total. The zero-order valence-electron chi connectivity index (χ0n) is 15.3. The molecular formula is C19H27N5O. The molecule has 0 spiro atoms. The topological polar surface area (TPSA) is 53.5 Å².